The van der Waals surface area contributed by atoms with Gasteiger partial charge in [0.1, 0.15) is 11.6 Å². The zero-order valence-corrected chi connectivity index (χ0v) is 14.1. The SMILES string of the molecule is O=C(NC1CCS(=O)(=O)C1)c1ccc(NCc2ccc(F)cc2)nn1. The van der Waals surface area contributed by atoms with Gasteiger partial charge < -0.3 is 10.6 Å². The Morgan fingerprint density at radius 2 is 1.92 bits per heavy atom. The maximum atomic E-state index is 12.8. The number of carbonyl (C=O) groups excluding carboxylic acids is 1. The van der Waals surface area contributed by atoms with Gasteiger partial charge >= 0.3 is 0 Å². The topological polar surface area (TPSA) is 101 Å². The van der Waals surface area contributed by atoms with Gasteiger partial charge in [-0.2, -0.15) is 0 Å². The number of halogens is 1. The van der Waals surface area contributed by atoms with Crippen LogP contribution in [0, 0.1) is 5.82 Å². The van der Waals surface area contributed by atoms with Gasteiger partial charge in [-0.1, -0.05) is 12.1 Å². The average molecular weight is 364 g/mol. The van der Waals surface area contributed by atoms with Crippen molar-refractivity contribution in [2.24, 2.45) is 0 Å². The molecule has 2 aromatic rings. The summed E-state index contributed by atoms with van der Waals surface area (Å²) in [7, 11) is -3.05. The molecule has 1 unspecified atom stereocenters. The van der Waals surface area contributed by atoms with Crippen molar-refractivity contribution in [2.45, 2.75) is 19.0 Å². The minimum Gasteiger partial charge on any atom is -0.365 e. The number of nitrogens with zero attached hydrogens (tertiary/aromatic N) is 2. The first-order chi connectivity index (χ1) is 11.9. The predicted octanol–water partition coefficient (Wildman–Crippen LogP) is 1.14. The normalized spacial score (nSPS) is 18.7. The second kappa shape index (κ2) is 7.14. The van der Waals surface area contributed by atoms with Crippen LogP contribution in [0.4, 0.5) is 10.2 Å². The van der Waals surface area contributed by atoms with Crippen molar-refractivity contribution < 1.29 is 17.6 Å². The summed E-state index contributed by atoms with van der Waals surface area (Å²) >= 11 is 0. The fourth-order valence-electron chi connectivity index (χ4n) is 2.51. The molecule has 0 aliphatic carbocycles. The van der Waals surface area contributed by atoms with Crippen molar-refractivity contribution in [1.82, 2.24) is 15.5 Å². The number of sulfone groups is 1. The van der Waals surface area contributed by atoms with Gasteiger partial charge in [0.05, 0.1) is 11.5 Å². The van der Waals surface area contributed by atoms with Crippen molar-refractivity contribution in [3.63, 3.8) is 0 Å². The molecule has 9 heteroatoms. The second-order valence-electron chi connectivity index (χ2n) is 5.86. The van der Waals surface area contributed by atoms with Crippen LogP contribution in [-0.2, 0) is 16.4 Å². The quantitative estimate of drug-likeness (QED) is 0.825. The summed E-state index contributed by atoms with van der Waals surface area (Å²) < 4.78 is 35.6. The molecule has 0 bridgehead atoms. The van der Waals surface area contributed by atoms with Gasteiger partial charge in [0.25, 0.3) is 5.91 Å². The third kappa shape index (κ3) is 4.72. The van der Waals surface area contributed by atoms with Crippen molar-refractivity contribution in [1.29, 1.82) is 0 Å². The van der Waals surface area contributed by atoms with Crippen LogP contribution < -0.4 is 10.6 Å². The third-order valence-corrected chi connectivity index (χ3v) is 5.62. The highest BCUT2D eigenvalue weighted by atomic mass is 32.2. The Hall–Kier alpha value is -2.55. The first-order valence-corrected chi connectivity index (χ1v) is 9.57. The van der Waals surface area contributed by atoms with E-state index in [1.54, 1.807) is 18.2 Å². The summed E-state index contributed by atoms with van der Waals surface area (Å²) in [6.07, 6.45) is 0.415. The van der Waals surface area contributed by atoms with Gasteiger partial charge in [0.15, 0.2) is 15.5 Å². The predicted molar refractivity (Wildman–Crippen MR) is 90.3 cm³/mol. The first kappa shape index (κ1) is 17.3. The van der Waals surface area contributed by atoms with E-state index in [1.165, 1.54) is 18.2 Å². The van der Waals surface area contributed by atoms with E-state index in [0.717, 1.165) is 5.56 Å². The maximum absolute atomic E-state index is 12.8. The lowest BCUT2D eigenvalue weighted by Gasteiger charge is -2.10. The molecule has 1 aromatic heterocycles. The third-order valence-electron chi connectivity index (χ3n) is 3.85. The molecule has 0 radical (unpaired) electrons. The Morgan fingerprint density at radius 1 is 1.16 bits per heavy atom. The maximum Gasteiger partial charge on any atom is 0.272 e. The lowest BCUT2D eigenvalue weighted by molar-refractivity contribution is 0.0935. The van der Waals surface area contributed by atoms with E-state index < -0.39 is 15.7 Å². The Labute approximate surface area is 144 Å². The highest BCUT2D eigenvalue weighted by molar-refractivity contribution is 7.91. The lowest BCUT2D eigenvalue weighted by atomic mass is 10.2. The molecule has 2 heterocycles. The molecule has 1 saturated heterocycles. The molecule has 1 amide bonds. The zero-order chi connectivity index (χ0) is 17.9. The summed E-state index contributed by atoms with van der Waals surface area (Å²) in [5.41, 5.74) is 1.00. The molecule has 2 N–H and O–H groups in total. The zero-order valence-electron chi connectivity index (χ0n) is 13.3. The second-order valence-corrected chi connectivity index (χ2v) is 8.09. The van der Waals surface area contributed by atoms with E-state index in [2.05, 4.69) is 20.8 Å². The monoisotopic (exact) mass is 364 g/mol. The standard InChI is InChI=1S/C16H17FN4O3S/c17-12-3-1-11(2-4-12)9-18-15-6-5-14(20-21-15)16(22)19-13-7-8-25(23,24)10-13/h1-6,13H,7-10H2,(H,18,21)(H,19,22). The van der Waals surface area contributed by atoms with E-state index in [9.17, 15) is 17.6 Å². The van der Waals surface area contributed by atoms with Gasteiger partial charge in [0.2, 0.25) is 0 Å². The molecule has 1 atom stereocenters. The number of anilines is 1. The molecular weight excluding hydrogens is 347 g/mol. The Balaban J connectivity index is 1.54. The van der Waals surface area contributed by atoms with E-state index in [0.29, 0.717) is 18.8 Å². The molecule has 132 valence electrons. The molecule has 25 heavy (non-hydrogen) atoms. The number of hydrogen-bond acceptors (Lipinski definition) is 6. The summed E-state index contributed by atoms with van der Waals surface area (Å²) in [6, 6.07) is 8.81. The molecule has 1 aliphatic rings. The first-order valence-electron chi connectivity index (χ1n) is 7.75. The summed E-state index contributed by atoms with van der Waals surface area (Å²) in [5, 5.41) is 13.5. The van der Waals surface area contributed by atoms with E-state index in [1.807, 2.05) is 0 Å². The molecule has 3 rings (SSSR count). The molecule has 1 aromatic carbocycles. The molecule has 1 aliphatic heterocycles. The van der Waals surface area contributed by atoms with E-state index in [4.69, 9.17) is 0 Å². The van der Waals surface area contributed by atoms with E-state index >= 15 is 0 Å². The Kier molecular flexibility index (Phi) is 4.93. The van der Waals surface area contributed by atoms with Crippen LogP contribution in [0.1, 0.15) is 22.5 Å². The molecular formula is C16H17FN4O3S. The van der Waals surface area contributed by atoms with Crippen molar-refractivity contribution >= 4 is 21.6 Å². The number of amides is 1. The number of benzene rings is 1. The number of hydrogen-bond donors (Lipinski definition) is 2. The summed E-state index contributed by atoms with van der Waals surface area (Å²) in [4.78, 5) is 12.1. The molecule has 0 saturated carbocycles. The number of nitrogens with one attached hydrogen (secondary N) is 2. The van der Waals surface area contributed by atoms with Gasteiger partial charge in [0, 0.05) is 12.6 Å². The van der Waals surface area contributed by atoms with Crippen molar-refractivity contribution in [2.75, 3.05) is 16.8 Å². The Bertz CT molecular complexity index is 854. The number of carbonyl (C=O) groups is 1. The number of aromatic nitrogens is 2. The minimum atomic E-state index is -3.05. The van der Waals surface area contributed by atoms with Crippen molar-refractivity contribution in [3.05, 3.63) is 53.5 Å². The molecule has 1 fully saturated rings. The van der Waals surface area contributed by atoms with E-state index in [-0.39, 0.29) is 29.1 Å². The lowest BCUT2D eigenvalue weighted by Crippen LogP contribution is -2.36. The van der Waals surface area contributed by atoms with Crippen LogP contribution in [0.15, 0.2) is 36.4 Å². The van der Waals surface area contributed by atoms with Crippen molar-refractivity contribution in [3.8, 4) is 0 Å². The largest absolute Gasteiger partial charge is 0.365 e. The van der Waals surface area contributed by atoms with Gasteiger partial charge in [-0.15, -0.1) is 10.2 Å². The fourth-order valence-corrected chi connectivity index (χ4v) is 4.18. The van der Waals surface area contributed by atoms with Crippen LogP contribution >= 0.6 is 0 Å². The minimum absolute atomic E-state index is 0.0382. The summed E-state index contributed by atoms with van der Waals surface area (Å²) in [6.45, 7) is 0.445. The van der Waals surface area contributed by atoms with Gasteiger partial charge in [-0.05, 0) is 36.2 Å². The van der Waals surface area contributed by atoms with Crippen LogP contribution in [-0.4, -0.2) is 42.1 Å². The highest BCUT2D eigenvalue weighted by Crippen LogP contribution is 2.12. The molecule has 0 spiro atoms. The smallest absolute Gasteiger partial charge is 0.272 e. The number of rotatable bonds is 5. The van der Waals surface area contributed by atoms with Crippen LogP contribution in [0.2, 0.25) is 0 Å². The average Bonchev–Trinajstić information content (AvgIpc) is 2.93. The Morgan fingerprint density at radius 3 is 2.52 bits per heavy atom. The highest BCUT2D eigenvalue weighted by Gasteiger charge is 2.29. The molecule has 7 nitrogen and oxygen atoms in total. The van der Waals surface area contributed by atoms with Crippen LogP contribution in [0.3, 0.4) is 0 Å². The summed E-state index contributed by atoms with van der Waals surface area (Å²) in [5.74, 6) is -0.211. The fraction of sp³-hybridized carbons (Fsp3) is 0.312. The van der Waals surface area contributed by atoms with Gasteiger partial charge in [-0.25, -0.2) is 12.8 Å². The van der Waals surface area contributed by atoms with Gasteiger partial charge in [-0.3, -0.25) is 4.79 Å². The van der Waals surface area contributed by atoms with Crippen LogP contribution in [0.25, 0.3) is 0 Å². The van der Waals surface area contributed by atoms with Crippen LogP contribution in [0.5, 0.6) is 0 Å².